The number of anilines is 1. The fraction of sp³-hybridized carbons (Fsp3) is 0.167. The van der Waals surface area contributed by atoms with Gasteiger partial charge in [0.05, 0.1) is 28.0 Å². The molecule has 0 aliphatic heterocycles. The lowest BCUT2D eigenvalue weighted by Gasteiger charge is -2.09. The van der Waals surface area contributed by atoms with Crippen molar-refractivity contribution < 1.29 is 19.4 Å². The Kier molecular flexibility index (Phi) is 7.81. The van der Waals surface area contributed by atoms with Crippen LogP contribution in [0.2, 0.25) is 0 Å². The number of phenolic OH excluding ortho intramolecular Hbond substituents is 1. The molecule has 2 amide bonds. The van der Waals surface area contributed by atoms with Crippen LogP contribution in [0, 0.1) is 0 Å². The van der Waals surface area contributed by atoms with Gasteiger partial charge in [-0.3, -0.25) is 9.59 Å². The van der Waals surface area contributed by atoms with Crippen LogP contribution in [-0.4, -0.2) is 30.2 Å². The van der Waals surface area contributed by atoms with Crippen LogP contribution in [0.3, 0.4) is 0 Å². The number of amides is 2. The lowest BCUT2D eigenvalue weighted by molar-refractivity contribution is -0.124. The maximum absolute atomic E-state index is 12.0. The number of methoxy groups -OCH3 is 1. The van der Waals surface area contributed by atoms with Gasteiger partial charge in [0.25, 0.3) is 0 Å². The molecule has 7 nitrogen and oxygen atoms in total. The molecule has 2 aromatic carbocycles. The normalized spacial score (nSPS) is 10.6. The largest absolute Gasteiger partial charge is 0.506 e. The number of rotatable bonds is 7. The van der Waals surface area contributed by atoms with E-state index in [4.69, 9.17) is 4.74 Å². The first kappa shape index (κ1) is 20.9. The molecule has 3 N–H and O–H groups in total. The van der Waals surface area contributed by atoms with Crippen molar-refractivity contribution in [2.45, 2.75) is 12.8 Å². The monoisotopic (exact) mass is 497 g/mol. The minimum Gasteiger partial charge on any atom is -0.506 e. The zero-order valence-corrected chi connectivity index (χ0v) is 17.5. The van der Waals surface area contributed by atoms with E-state index in [1.54, 1.807) is 36.4 Å². The van der Waals surface area contributed by atoms with E-state index >= 15 is 0 Å². The Morgan fingerprint density at radius 3 is 2.44 bits per heavy atom. The number of halogens is 2. The lowest BCUT2D eigenvalue weighted by atomic mass is 10.2. The summed E-state index contributed by atoms with van der Waals surface area (Å²) in [4.78, 5) is 23.8. The second-order valence-electron chi connectivity index (χ2n) is 5.37. The number of carbonyl (C=O) groups excluding carboxylic acids is 2. The van der Waals surface area contributed by atoms with Crippen molar-refractivity contribution in [2.75, 3.05) is 12.4 Å². The van der Waals surface area contributed by atoms with Crippen LogP contribution < -0.4 is 15.5 Å². The third-order valence-corrected chi connectivity index (χ3v) is 4.61. The molecule has 0 heterocycles. The summed E-state index contributed by atoms with van der Waals surface area (Å²) in [5.41, 5.74) is 3.57. The molecule has 0 aromatic heterocycles. The Morgan fingerprint density at radius 1 is 1.15 bits per heavy atom. The van der Waals surface area contributed by atoms with E-state index in [1.165, 1.54) is 13.3 Å². The van der Waals surface area contributed by atoms with E-state index in [0.717, 1.165) is 0 Å². The van der Waals surface area contributed by atoms with E-state index in [0.29, 0.717) is 25.9 Å². The number of phenols is 1. The molecule has 0 saturated heterocycles. The van der Waals surface area contributed by atoms with Crippen LogP contribution in [0.25, 0.3) is 0 Å². The van der Waals surface area contributed by atoms with E-state index in [9.17, 15) is 14.7 Å². The molecule has 2 aromatic rings. The molecule has 0 bridgehead atoms. The van der Waals surface area contributed by atoms with Crippen LogP contribution in [0.4, 0.5) is 5.69 Å². The fourth-order valence-electron chi connectivity index (χ4n) is 2.08. The molecule has 2 rings (SSSR count). The van der Waals surface area contributed by atoms with Crippen LogP contribution in [0.1, 0.15) is 18.4 Å². The third kappa shape index (κ3) is 6.37. The average molecular weight is 499 g/mol. The molecular formula is C18H17Br2N3O4. The highest BCUT2D eigenvalue weighted by Crippen LogP contribution is 2.32. The van der Waals surface area contributed by atoms with E-state index in [1.807, 2.05) is 0 Å². The first-order valence-corrected chi connectivity index (χ1v) is 9.42. The Bertz CT molecular complexity index is 848. The molecule has 0 radical (unpaired) electrons. The van der Waals surface area contributed by atoms with Gasteiger partial charge < -0.3 is 15.2 Å². The third-order valence-electron chi connectivity index (χ3n) is 3.40. The van der Waals surface area contributed by atoms with Crippen LogP contribution in [-0.2, 0) is 9.59 Å². The van der Waals surface area contributed by atoms with Gasteiger partial charge >= 0.3 is 0 Å². The molecule has 0 spiro atoms. The number of nitrogens with one attached hydrogen (secondary N) is 2. The molecular weight excluding hydrogens is 482 g/mol. The van der Waals surface area contributed by atoms with Crippen molar-refractivity contribution in [3.63, 3.8) is 0 Å². The Morgan fingerprint density at radius 2 is 1.78 bits per heavy atom. The van der Waals surface area contributed by atoms with Gasteiger partial charge in [0.2, 0.25) is 11.8 Å². The summed E-state index contributed by atoms with van der Waals surface area (Å²) in [6.07, 6.45) is 1.43. The molecule has 9 heteroatoms. The number of hydrogen-bond acceptors (Lipinski definition) is 5. The molecule has 0 unspecified atom stereocenters. The van der Waals surface area contributed by atoms with Gasteiger partial charge in [-0.25, -0.2) is 5.43 Å². The second kappa shape index (κ2) is 10.1. The quantitative estimate of drug-likeness (QED) is 0.399. The lowest BCUT2D eigenvalue weighted by Crippen LogP contribution is -2.20. The van der Waals surface area contributed by atoms with Gasteiger partial charge in [0.1, 0.15) is 11.5 Å². The topological polar surface area (TPSA) is 100 Å². The van der Waals surface area contributed by atoms with E-state index in [2.05, 4.69) is 47.7 Å². The summed E-state index contributed by atoms with van der Waals surface area (Å²) < 4.78 is 6.15. The summed E-state index contributed by atoms with van der Waals surface area (Å²) in [5.74, 6) is -0.0632. The summed E-state index contributed by atoms with van der Waals surface area (Å²) in [6.45, 7) is 0. The molecule has 0 fully saturated rings. The molecule has 0 aliphatic rings. The van der Waals surface area contributed by atoms with Gasteiger partial charge in [0, 0.05) is 12.8 Å². The minimum atomic E-state index is -0.390. The zero-order valence-electron chi connectivity index (χ0n) is 14.3. The van der Waals surface area contributed by atoms with Gasteiger partial charge in [-0.1, -0.05) is 12.1 Å². The van der Waals surface area contributed by atoms with Crippen molar-refractivity contribution in [3.05, 3.63) is 50.9 Å². The zero-order chi connectivity index (χ0) is 19.8. The number of nitrogens with zero attached hydrogens (tertiary/aromatic N) is 1. The Balaban J connectivity index is 1.81. The van der Waals surface area contributed by atoms with Gasteiger partial charge in [-0.15, -0.1) is 0 Å². The van der Waals surface area contributed by atoms with Gasteiger partial charge in [-0.05, 0) is 61.7 Å². The number of hydrogen-bond donors (Lipinski definition) is 3. The summed E-state index contributed by atoms with van der Waals surface area (Å²) in [5, 5.41) is 16.2. The number of para-hydroxylation sites is 2. The van der Waals surface area contributed by atoms with Crippen LogP contribution in [0.15, 0.2) is 50.4 Å². The fourth-order valence-corrected chi connectivity index (χ4v) is 3.30. The smallest absolute Gasteiger partial charge is 0.240 e. The predicted octanol–water partition coefficient (Wildman–Crippen LogP) is 3.79. The number of aromatic hydroxyl groups is 1. The number of ether oxygens (including phenoxy) is 1. The number of carbonyl (C=O) groups is 2. The maximum Gasteiger partial charge on any atom is 0.240 e. The minimum absolute atomic E-state index is 0.00963. The van der Waals surface area contributed by atoms with Crippen molar-refractivity contribution in [3.8, 4) is 11.5 Å². The highest BCUT2D eigenvalue weighted by Gasteiger charge is 2.09. The highest BCUT2D eigenvalue weighted by atomic mass is 79.9. The summed E-state index contributed by atoms with van der Waals surface area (Å²) in [7, 11) is 1.52. The van der Waals surface area contributed by atoms with Crippen molar-refractivity contribution in [2.24, 2.45) is 5.10 Å². The summed E-state index contributed by atoms with van der Waals surface area (Å²) in [6, 6.07) is 10.3. The second-order valence-corrected chi connectivity index (χ2v) is 7.08. The molecule has 0 aliphatic carbocycles. The first-order valence-electron chi connectivity index (χ1n) is 7.83. The highest BCUT2D eigenvalue weighted by molar-refractivity contribution is 9.11. The van der Waals surface area contributed by atoms with Gasteiger partial charge in [0.15, 0.2) is 0 Å². The first-order chi connectivity index (χ1) is 12.9. The number of benzene rings is 2. The van der Waals surface area contributed by atoms with Crippen molar-refractivity contribution >= 4 is 55.6 Å². The SMILES string of the molecule is COc1ccccc1NC(=O)CCC(=O)N/N=C/c1cc(Br)c(O)c(Br)c1. The molecule has 142 valence electrons. The predicted molar refractivity (Wildman–Crippen MR) is 110 cm³/mol. The van der Waals surface area contributed by atoms with Crippen molar-refractivity contribution in [1.29, 1.82) is 0 Å². The van der Waals surface area contributed by atoms with Crippen molar-refractivity contribution in [1.82, 2.24) is 5.43 Å². The van der Waals surface area contributed by atoms with Crippen LogP contribution >= 0.6 is 31.9 Å². The summed E-state index contributed by atoms with van der Waals surface area (Å²) >= 11 is 6.43. The maximum atomic E-state index is 12.0. The Hall–Kier alpha value is -2.39. The average Bonchev–Trinajstić information content (AvgIpc) is 2.65. The van der Waals surface area contributed by atoms with Crippen LogP contribution in [0.5, 0.6) is 11.5 Å². The standard InChI is InChI=1S/C18H17Br2N3O4/c1-27-15-5-3-2-4-14(15)22-16(24)6-7-17(25)23-21-10-11-8-12(19)18(26)13(20)9-11/h2-5,8-10,26H,6-7H2,1H3,(H,22,24)(H,23,25)/b21-10+. The Labute approximate surface area is 173 Å². The van der Waals surface area contributed by atoms with E-state index in [-0.39, 0.29) is 24.5 Å². The van der Waals surface area contributed by atoms with Gasteiger partial charge in [-0.2, -0.15) is 5.10 Å². The van der Waals surface area contributed by atoms with E-state index < -0.39 is 5.91 Å². The molecule has 0 saturated carbocycles. The number of hydrazone groups is 1. The molecule has 27 heavy (non-hydrogen) atoms. The molecule has 0 atom stereocenters.